The zero-order chi connectivity index (χ0) is 14.7. The molecule has 110 valence electrons. The molecule has 0 radical (unpaired) electrons. The molecule has 3 heterocycles. The van der Waals surface area contributed by atoms with E-state index in [0.29, 0.717) is 18.4 Å². The highest BCUT2D eigenvalue weighted by atomic mass is 19.1. The second-order valence-corrected chi connectivity index (χ2v) is 5.20. The van der Waals surface area contributed by atoms with Crippen LogP contribution in [0.25, 0.3) is 0 Å². The lowest BCUT2D eigenvalue weighted by atomic mass is 9.97. The molecule has 2 aromatic heterocycles. The second kappa shape index (κ2) is 5.99. The molecule has 21 heavy (non-hydrogen) atoms. The zero-order valence-electron chi connectivity index (χ0n) is 11.5. The monoisotopic (exact) mass is 289 g/mol. The molecule has 7 heteroatoms. The van der Waals surface area contributed by atoms with E-state index in [1.807, 2.05) is 4.90 Å². The Bertz CT molecular complexity index is 649. The molecule has 2 aromatic rings. The largest absolute Gasteiger partial charge is 0.341 e. The van der Waals surface area contributed by atoms with Gasteiger partial charge in [-0.15, -0.1) is 0 Å². The Balaban J connectivity index is 1.59. The van der Waals surface area contributed by atoms with Crippen LogP contribution in [0.4, 0.5) is 10.3 Å². The van der Waals surface area contributed by atoms with Crippen molar-refractivity contribution in [2.24, 2.45) is 5.92 Å². The predicted octanol–water partition coefficient (Wildman–Crippen LogP) is 1.09. The first-order valence-electron chi connectivity index (χ1n) is 6.95. The minimum Gasteiger partial charge on any atom is -0.341 e. The van der Waals surface area contributed by atoms with Gasteiger partial charge < -0.3 is 4.90 Å². The van der Waals surface area contributed by atoms with Gasteiger partial charge in [-0.25, -0.2) is 19.3 Å². The summed E-state index contributed by atoms with van der Waals surface area (Å²) in [5.41, 5.74) is -0.0192. The van der Waals surface area contributed by atoms with E-state index in [4.69, 9.17) is 0 Å². The second-order valence-electron chi connectivity index (χ2n) is 5.20. The van der Waals surface area contributed by atoms with Crippen molar-refractivity contribution in [1.29, 1.82) is 0 Å². The van der Waals surface area contributed by atoms with Crippen molar-refractivity contribution >= 4 is 5.95 Å². The summed E-state index contributed by atoms with van der Waals surface area (Å²) >= 11 is 0. The third-order valence-corrected chi connectivity index (χ3v) is 3.75. The standard InChI is InChI=1S/C14H16FN5O/c15-12-7-17-14(18-8-12)19-5-2-11(3-6-19)9-20-10-16-4-1-13(20)21/h1,4,7-8,10-11H,2-3,5-6,9H2. The Labute approximate surface area is 121 Å². The molecule has 3 rings (SSSR count). The molecule has 0 N–H and O–H groups in total. The average molecular weight is 289 g/mol. The van der Waals surface area contributed by atoms with E-state index >= 15 is 0 Å². The van der Waals surface area contributed by atoms with Crippen LogP contribution in [-0.4, -0.2) is 32.6 Å². The van der Waals surface area contributed by atoms with Crippen molar-refractivity contribution in [3.05, 3.63) is 47.2 Å². The number of halogens is 1. The summed E-state index contributed by atoms with van der Waals surface area (Å²) in [5.74, 6) is 0.571. The van der Waals surface area contributed by atoms with Gasteiger partial charge >= 0.3 is 0 Å². The first-order valence-corrected chi connectivity index (χ1v) is 6.95. The third-order valence-electron chi connectivity index (χ3n) is 3.75. The van der Waals surface area contributed by atoms with Crippen LogP contribution in [0.15, 0.2) is 35.8 Å². The normalized spacial score (nSPS) is 16.1. The van der Waals surface area contributed by atoms with Crippen molar-refractivity contribution < 1.29 is 4.39 Å². The molecule has 0 aliphatic carbocycles. The Morgan fingerprint density at radius 3 is 2.62 bits per heavy atom. The molecule has 1 saturated heterocycles. The summed E-state index contributed by atoms with van der Waals surface area (Å²) in [6.45, 7) is 2.31. The topological polar surface area (TPSA) is 63.9 Å². The lowest BCUT2D eigenvalue weighted by molar-refractivity contribution is 0.349. The van der Waals surface area contributed by atoms with Gasteiger partial charge in [0.2, 0.25) is 5.95 Å². The minimum absolute atomic E-state index is 0.0192. The van der Waals surface area contributed by atoms with E-state index in [0.717, 1.165) is 25.9 Å². The van der Waals surface area contributed by atoms with E-state index in [2.05, 4.69) is 15.0 Å². The average Bonchev–Trinajstić information content (AvgIpc) is 2.51. The summed E-state index contributed by atoms with van der Waals surface area (Å²) < 4.78 is 14.5. The fraction of sp³-hybridized carbons (Fsp3) is 0.429. The highest BCUT2D eigenvalue weighted by molar-refractivity contribution is 5.29. The molecule has 1 aliphatic heterocycles. The van der Waals surface area contributed by atoms with Crippen LogP contribution in [0.2, 0.25) is 0 Å². The summed E-state index contributed by atoms with van der Waals surface area (Å²) in [7, 11) is 0. The summed E-state index contributed by atoms with van der Waals surface area (Å²) in [6.07, 6.45) is 7.35. The maximum Gasteiger partial charge on any atom is 0.253 e. The third kappa shape index (κ3) is 3.24. The zero-order valence-corrected chi connectivity index (χ0v) is 11.5. The predicted molar refractivity (Wildman–Crippen MR) is 75.4 cm³/mol. The number of anilines is 1. The Hall–Kier alpha value is -2.31. The van der Waals surface area contributed by atoms with Gasteiger partial charge in [0.15, 0.2) is 5.82 Å². The molecule has 0 amide bonds. The first kappa shape index (κ1) is 13.7. The van der Waals surface area contributed by atoms with Crippen molar-refractivity contribution in [3.8, 4) is 0 Å². The number of nitrogens with zero attached hydrogens (tertiary/aromatic N) is 5. The van der Waals surface area contributed by atoms with Crippen LogP contribution in [-0.2, 0) is 6.54 Å². The molecule has 0 aromatic carbocycles. The van der Waals surface area contributed by atoms with E-state index in [1.54, 1.807) is 10.9 Å². The van der Waals surface area contributed by atoms with E-state index < -0.39 is 5.82 Å². The van der Waals surface area contributed by atoms with Gasteiger partial charge in [0, 0.05) is 31.9 Å². The van der Waals surface area contributed by atoms with E-state index in [1.165, 1.54) is 24.7 Å². The molecule has 1 fully saturated rings. The highest BCUT2D eigenvalue weighted by Gasteiger charge is 2.21. The van der Waals surface area contributed by atoms with Crippen LogP contribution >= 0.6 is 0 Å². The number of hydrogen-bond donors (Lipinski definition) is 0. The van der Waals surface area contributed by atoms with Gasteiger partial charge in [-0.2, -0.15) is 0 Å². The Morgan fingerprint density at radius 2 is 1.95 bits per heavy atom. The molecule has 0 saturated carbocycles. The molecular weight excluding hydrogens is 273 g/mol. The molecule has 0 atom stereocenters. The minimum atomic E-state index is -0.426. The molecule has 1 aliphatic rings. The number of rotatable bonds is 3. The lowest BCUT2D eigenvalue weighted by Crippen LogP contribution is -2.37. The Kier molecular flexibility index (Phi) is 3.89. The summed E-state index contributed by atoms with van der Waals surface area (Å²) in [4.78, 5) is 25.7. The van der Waals surface area contributed by atoms with Crippen LogP contribution < -0.4 is 10.5 Å². The molecule has 0 unspecified atom stereocenters. The van der Waals surface area contributed by atoms with Gasteiger partial charge in [-0.1, -0.05) is 0 Å². The van der Waals surface area contributed by atoms with E-state index in [-0.39, 0.29) is 5.56 Å². The maximum atomic E-state index is 12.8. The van der Waals surface area contributed by atoms with Crippen molar-refractivity contribution in [2.75, 3.05) is 18.0 Å². The quantitative estimate of drug-likeness (QED) is 0.846. The lowest BCUT2D eigenvalue weighted by Gasteiger charge is -2.32. The maximum absolute atomic E-state index is 12.8. The first-order chi connectivity index (χ1) is 10.2. The van der Waals surface area contributed by atoms with Gasteiger partial charge in [0.25, 0.3) is 5.56 Å². The summed E-state index contributed by atoms with van der Waals surface area (Å²) in [6, 6.07) is 1.47. The van der Waals surface area contributed by atoms with Crippen molar-refractivity contribution in [2.45, 2.75) is 19.4 Å². The molecule has 6 nitrogen and oxygen atoms in total. The fourth-order valence-electron chi connectivity index (χ4n) is 2.58. The molecule has 0 bridgehead atoms. The van der Waals surface area contributed by atoms with Crippen molar-refractivity contribution in [1.82, 2.24) is 19.5 Å². The van der Waals surface area contributed by atoms with Crippen molar-refractivity contribution in [3.63, 3.8) is 0 Å². The van der Waals surface area contributed by atoms with Crippen LogP contribution in [0.1, 0.15) is 12.8 Å². The smallest absolute Gasteiger partial charge is 0.253 e. The van der Waals surface area contributed by atoms with Gasteiger partial charge in [0.1, 0.15) is 0 Å². The number of hydrogen-bond acceptors (Lipinski definition) is 5. The number of aromatic nitrogens is 4. The van der Waals surface area contributed by atoms with Crippen LogP contribution in [0, 0.1) is 11.7 Å². The summed E-state index contributed by atoms with van der Waals surface area (Å²) in [5, 5.41) is 0. The fourth-order valence-corrected chi connectivity index (χ4v) is 2.58. The number of piperidine rings is 1. The van der Waals surface area contributed by atoms with Gasteiger partial charge in [0.05, 0.1) is 18.7 Å². The highest BCUT2D eigenvalue weighted by Crippen LogP contribution is 2.21. The molecular formula is C14H16FN5O. The molecule has 0 spiro atoms. The van der Waals surface area contributed by atoms with Gasteiger partial charge in [-0.3, -0.25) is 9.36 Å². The van der Waals surface area contributed by atoms with Crippen LogP contribution in [0.5, 0.6) is 0 Å². The van der Waals surface area contributed by atoms with Crippen LogP contribution in [0.3, 0.4) is 0 Å². The van der Waals surface area contributed by atoms with Gasteiger partial charge in [-0.05, 0) is 18.8 Å². The van der Waals surface area contributed by atoms with E-state index in [9.17, 15) is 9.18 Å². The Morgan fingerprint density at radius 1 is 1.24 bits per heavy atom. The SMILES string of the molecule is O=c1ccncn1CC1CCN(c2ncc(F)cn2)CC1.